The summed E-state index contributed by atoms with van der Waals surface area (Å²) in [4.78, 5) is 0. The van der Waals surface area contributed by atoms with Crippen LogP contribution in [0.5, 0.6) is 0 Å². The van der Waals surface area contributed by atoms with Gasteiger partial charge < -0.3 is 23.7 Å². The van der Waals surface area contributed by atoms with Crippen LogP contribution in [0.4, 0.5) is 0 Å². The second-order valence-corrected chi connectivity index (χ2v) is 15.5. The highest BCUT2D eigenvalue weighted by atomic mass is 31.2. The van der Waals surface area contributed by atoms with E-state index in [0.29, 0.717) is 23.8 Å². The lowest BCUT2D eigenvalue weighted by Crippen LogP contribution is -2.61. The molecule has 1 aliphatic rings. The molecule has 1 fully saturated rings. The molecule has 7 nitrogen and oxygen atoms in total. The molecule has 1 aliphatic heterocycles. The van der Waals surface area contributed by atoms with Gasteiger partial charge in [-0.1, -0.05) is 158 Å². The monoisotopic (exact) mass is 740 g/mol. The van der Waals surface area contributed by atoms with E-state index in [1.807, 2.05) is 182 Å². The average molecular weight is 741 g/mol. The van der Waals surface area contributed by atoms with Gasteiger partial charge in [0.15, 0.2) is 6.29 Å². The van der Waals surface area contributed by atoms with E-state index in [1.165, 1.54) is 0 Å². The van der Waals surface area contributed by atoms with Gasteiger partial charge in [-0.2, -0.15) is 0 Å². The second kappa shape index (κ2) is 19.1. The fourth-order valence-corrected chi connectivity index (χ4v) is 8.63. The summed E-state index contributed by atoms with van der Waals surface area (Å²) in [5, 5.41) is 1.09. The van der Waals surface area contributed by atoms with E-state index in [-0.39, 0.29) is 19.8 Å². The molecule has 7 rings (SSSR count). The van der Waals surface area contributed by atoms with Crippen LogP contribution < -0.4 is 10.6 Å². The molecular weight excluding hydrogens is 695 g/mol. The number of benzene rings is 6. The van der Waals surface area contributed by atoms with E-state index in [0.717, 1.165) is 22.3 Å². The minimum atomic E-state index is -3.75. The van der Waals surface area contributed by atoms with Crippen molar-refractivity contribution in [1.29, 1.82) is 0 Å². The van der Waals surface area contributed by atoms with Crippen LogP contribution in [-0.2, 0) is 59.2 Å². The normalized spacial score (nSPS) is 20.0. The lowest BCUT2D eigenvalue weighted by molar-refractivity contribution is -0.309. The van der Waals surface area contributed by atoms with Crippen molar-refractivity contribution in [3.05, 3.63) is 204 Å². The Morgan fingerprint density at radius 3 is 1.20 bits per heavy atom. The molecule has 0 radical (unpaired) electrons. The molecule has 1 heterocycles. The molecule has 0 spiro atoms. The smallest absolute Gasteiger partial charge is 0.263 e. The first kappa shape index (κ1) is 37.6. The predicted octanol–water partition coefficient (Wildman–Crippen LogP) is 8.63. The van der Waals surface area contributed by atoms with E-state index in [9.17, 15) is 0 Å². The number of hydrogen-bond acceptors (Lipinski definition) is 7. The van der Waals surface area contributed by atoms with Crippen molar-refractivity contribution < 1.29 is 32.8 Å². The van der Waals surface area contributed by atoms with Crippen molar-refractivity contribution in [2.45, 2.75) is 57.1 Å². The maximum Gasteiger partial charge on any atom is 0.263 e. The van der Waals surface area contributed by atoms with Crippen molar-refractivity contribution in [2.75, 3.05) is 6.61 Å². The van der Waals surface area contributed by atoms with Crippen LogP contribution in [0.3, 0.4) is 0 Å². The summed E-state index contributed by atoms with van der Waals surface area (Å²) in [6, 6.07) is 58.4. The van der Waals surface area contributed by atoms with Gasteiger partial charge in [-0.05, 0) is 46.5 Å². The van der Waals surface area contributed by atoms with E-state index in [2.05, 4.69) is 0 Å². The summed E-state index contributed by atoms with van der Waals surface area (Å²) in [6.07, 6.45) is -4.05. The van der Waals surface area contributed by atoms with Crippen molar-refractivity contribution >= 4 is 18.0 Å². The summed E-state index contributed by atoms with van der Waals surface area (Å²) in [5.74, 6) is 0. The molecule has 0 bridgehead atoms. The van der Waals surface area contributed by atoms with Crippen molar-refractivity contribution in [1.82, 2.24) is 0 Å². The standard InChI is InChI=1S/C46H45O7P/c47-54(40-27-15-5-16-28-40,41-29-17-6-18-30-41)53-46-45(51-34-39-25-13-4-14-26-39)44(50-33-38-23-11-3-12-24-38)43(49-32-37-21-9-2-10-22-37)42(52-46)35-48-31-36-19-7-1-8-20-36/h1-30,42-46H,31-35H2/t42-,43-,44+,45-,46+/m1/s1. The highest BCUT2D eigenvalue weighted by Crippen LogP contribution is 2.48. The molecule has 0 N–H and O–H groups in total. The van der Waals surface area contributed by atoms with Crippen molar-refractivity contribution in [2.24, 2.45) is 0 Å². The second-order valence-electron chi connectivity index (χ2n) is 13.2. The fourth-order valence-electron chi connectivity index (χ4n) is 6.50. The highest BCUT2D eigenvalue weighted by Gasteiger charge is 2.51. The maximum atomic E-state index is 15.4. The zero-order chi connectivity index (χ0) is 36.8. The molecular formula is C46H45O7P. The molecule has 0 unspecified atom stereocenters. The quantitative estimate of drug-likeness (QED) is 0.0868. The Balaban J connectivity index is 1.28. The summed E-state index contributed by atoms with van der Waals surface area (Å²) in [6.45, 7) is 1.35. The van der Waals surface area contributed by atoms with Crippen LogP contribution >= 0.6 is 7.37 Å². The van der Waals surface area contributed by atoms with Gasteiger partial charge in [0.25, 0.3) is 7.37 Å². The largest absolute Gasteiger partial charge is 0.374 e. The van der Waals surface area contributed by atoms with Gasteiger partial charge in [0, 0.05) is 10.6 Å². The number of hydrogen-bond donors (Lipinski definition) is 0. The Morgan fingerprint density at radius 2 is 0.778 bits per heavy atom. The first-order chi connectivity index (χ1) is 26.7. The number of rotatable bonds is 17. The van der Waals surface area contributed by atoms with Crippen LogP contribution in [0.15, 0.2) is 182 Å². The first-order valence-corrected chi connectivity index (χ1v) is 19.9. The minimum Gasteiger partial charge on any atom is -0.374 e. The minimum absolute atomic E-state index is 0.159. The van der Waals surface area contributed by atoms with Gasteiger partial charge in [0.05, 0.1) is 33.0 Å². The van der Waals surface area contributed by atoms with Crippen LogP contribution in [0.25, 0.3) is 0 Å². The van der Waals surface area contributed by atoms with E-state index in [1.54, 1.807) is 0 Å². The molecule has 6 aromatic rings. The van der Waals surface area contributed by atoms with Crippen LogP contribution in [-0.4, -0.2) is 37.3 Å². The third kappa shape index (κ3) is 9.89. The molecule has 54 heavy (non-hydrogen) atoms. The number of ether oxygens (including phenoxy) is 5. The van der Waals surface area contributed by atoms with Gasteiger partial charge in [-0.15, -0.1) is 0 Å². The average Bonchev–Trinajstić information content (AvgIpc) is 3.24. The zero-order valence-corrected chi connectivity index (χ0v) is 30.9. The molecule has 0 aliphatic carbocycles. The van der Waals surface area contributed by atoms with Gasteiger partial charge in [0.1, 0.15) is 24.4 Å². The van der Waals surface area contributed by atoms with Crippen molar-refractivity contribution in [3.63, 3.8) is 0 Å². The Labute approximate surface area is 317 Å². The van der Waals surface area contributed by atoms with Gasteiger partial charge in [-0.25, -0.2) is 0 Å². The molecule has 276 valence electrons. The predicted molar refractivity (Wildman–Crippen MR) is 211 cm³/mol. The molecule has 0 amide bonds. The Bertz CT molecular complexity index is 1960. The van der Waals surface area contributed by atoms with Gasteiger partial charge >= 0.3 is 0 Å². The summed E-state index contributed by atoms with van der Waals surface area (Å²) in [5.41, 5.74) is 3.98. The van der Waals surface area contributed by atoms with Gasteiger partial charge in [0.2, 0.25) is 0 Å². The summed E-state index contributed by atoms with van der Waals surface area (Å²) < 4.78 is 56.0. The van der Waals surface area contributed by atoms with Crippen LogP contribution in [0.2, 0.25) is 0 Å². The molecule has 5 atom stereocenters. The van der Waals surface area contributed by atoms with E-state index < -0.39 is 38.1 Å². The van der Waals surface area contributed by atoms with E-state index >= 15 is 4.57 Å². The topological polar surface area (TPSA) is 72.5 Å². The van der Waals surface area contributed by atoms with Crippen LogP contribution in [0.1, 0.15) is 22.3 Å². The molecule has 6 aromatic carbocycles. The molecule has 8 heteroatoms. The maximum absolute atomic E-state index is 15.4. The fraction of sp³-hybridized carbons (Fsp3) is 0.217. The lowest BCUT2D eigenvalue weighted by Gasteiger charge is -2.46. The van der Waals surface area contributed by atoms with Crippen LogP contribution in [0, 0.1) is 0 Å². The zero-order valence-electron chi connectivity index (χ0n) is 30.0. The SMILES string of the molecule is O=P(O[C@@H]1O[C@H](COCc2ccccc2)[C@@H](OCc2ccccc2)[C@H](OCc2ccccc2)[C@H]1OCc1ccccc1)(c1ccccc1)c1ccccc1. The van der Waals surface area contributed by atoms with E-state index in [4.69, 9.17) is 28.2 Å². The first-order valence-electron chi connectivity index (χ1n) is 18.3. The van der Waals surface area contributed by atoms with Gasteiger partial charge in [-0.3, -0.25) is 9.09 Å². The summed E-state index contributed by atoms with van der Waals surface area (Å²) in [7, 11) is -3.75. The third-order valence-corrected chi connectivity index (χ3v) is 11.7. The molecule has 0 aromatic heterocycles. The third-order valence-electron chi connectivity index (χ3n) is 9.29. The molecule has 1 saturated heterocycles. The highest BCUT2D eigenvalue weighted by molar-refractivity contribution is 7.74. The molecule has 0 saturated carbocycles. The van der Waals surface area contributed by atoms with Crippen molar-refractivity contribution in [3.8, 4) is 0 Å². The Kier molecular flexibility index (Phi) is 13.3. The summed E-state index contributed by atoms with van der Waals surface area (Å²) >= 11 is 0. The Morgan fingerprint density at radius 1 is 0.426 bits per heavy atom. The Hall–Kier alpha value is -4.69. The lowest BCUT2D eigenvalue weighted by atomic mass is 9.98.